The highest BCUT2D eigenvalue weighted by Gasteiger charge is 2.21. The van der Waals surface area contributed by atoms with Gasteiger partial charge in [0, 0.05) is 18.2 Å². The van der Waals surface area contributed by atoms with Crippen molar-refractivity contribution in [2.45, 2.75) is 32.9 Å². The van der Waals surface area contributed by atoms with E-state index in [1.807, 2.05) is 61.2 Å². The van der Waals surface area contributed by atoms with Gasteiger partial charge < -0.3 is 9.08 Å². The SMILES string of the molecule is CC[C@H](C)N(Cc1ccc(OS(C)(=O)=O)cc1)C(=O)c1ccc2ccccc2c1. The molecule has 1 atom stereocenters. The summed E-state index contributed by atoms with van der Waals surface area (Å²) in [4.78, 5) is 15.1. The van der Waals surface area contributed by atoms with E-state index in [-0.39, 0.29) is 17.7 Å². The molecule has 3 aromatic rings. The summed E-state index contributed by atoms with van der Waals surface area (Å²) in [7, 11) is -3.56. The van der Waals surface area contributed by atoms with E-state index >= 15 is 0 Å². The maximum Gasteiger partial charge on any atom is 0.306 e. The smallest absolute Gasteiger partial charge is 0.306 e. The highest BCUT2D eigenvalue weighted by molar-refractivity contribution is 7.86. The fourth-order valence-corrected chi connectivity index (χ4v) is 3.62. The van der Waals surface area contributed by atoms with Crippen molar-refractivity contribution in [3.63, 3.8) is 0 Å². The van der Waals surface area contributed by atoms with Crippen LogP contribution in [-0.4, -0.2) is 31.5 Å². The highest BCUT2D eigenvalue weighted by Crippen LogP contribution is 2.21. The number of hydrogen-bond donors (Lipinski definition) is 0. The Morgan fingerprint density at radius 3 is 2.28 bits per heavy atom. The molecule has 0 radical (unpaired) electrons. The Morgan fingerprint density at radius 1 is 1.00 bits per heavy atom. The van der Waals surface area contributed by atoms with Crippen LogP contribution in [0.1, 0.15) is 36.2 Å². The van der Waals surface area contributed by atoms with E-state index in [0.29, 0.717) is 12.1 Å². The normalized spacial score (nSPS) is 12.5. The van der Waals surface area contributed by atoms with Crippen LogP contribution in [0, 0.1) is 0 Å². The van der Waals surface area contributed by atoms with Crippen LogP contribution >= 0.6 is 0 Å². The van der Waals surface area contributed by atoms with Gasteiger partial charge >= 0.3 is 10.1 Å². The number of fused-ring (bicyclic) bond motifs is 1. The number of nitrogens with zero attached hydrogens (tertiary/aromatic N) is 1. The van der Waals surface area contributed by atoms with Crippen LogP contribution in [0.2, 0.25) is 0 Å². The summed E-state index contributed by atoms with van der Waals surface area (Å²) in [6, 6.07) is 20.5. The molecule has 152 valence electrons. The van der Waals surface area contributed by atoms with Crippen LogP contribution in [0.4, 0.5) is 0 Å². The maximum absolute atomic E-state index is 13.3. The molecule has 0 fully saturated rings. The third-order valence-electron chi connectivity index (χ3n) is 4.90. The largest absolute Gasteiger partial charge is 0.383 e. The number of carbonyl (C=O) groups excluding carboxylic acids is 1. The van der Waals surface area contributed by atoms with Crippen molar-refractivity contribution in [3.8, 4) is 5.75 Å². The first-order chi connectivity index (χ1) is 13.8. The van der Waals surface area contributed by atoms with E-state index in [9.17, 15) is 13.2 Å². The van der Waals surface area contributed by atoms with Gasteiger partial charge in [-0.3, -0.25) is 4.79 Å². The molecule has 5 nitrogen and oxygen atoms in total. The quantitative estimate of drug-likeness (QED) is 0.532. The Labute approximate surface area is 172 Å². The van der Waals surface area contributed by atoms with Gasteiger partial charge in [0.2, 0.25) is 0 Å². The lowest BCUT2D eigenvalue weighted by atomic mass is 10.0. The molecular weight excluding hydrogens is 386 g/mol. The Balaban J connectivity index is 1.84. The third-order valence-corrected chi connectivity index (χ3v) is 5.40. The highest BCUT2D eigenvalue weighted by atomic mass is 32.2. The van der Waals surface area contributed by atoms with Crippen molar-refractivity contribution in [2.75, 3.05) is 6.26 Å². The molecule has 0 heterocycles. The number of rotatable bonds is 7. The van der Waals surface area contributed by atoms with Crippen LogP contribution < -0.4 is 4.18 Å². The molecule has 1 amide bonds. The summed E-state index contributed by atoms with van der Waals surface area (Å²) < 4.78 is 27.4. The molecule has 0 spiro atoms. The number of amides is 1. The van der Waals surface area contributed by atoms with Gasteiger partial charge in [0.05, 0.1) is 6.26 Å². The summed E-state index contributed by atoms with van der Waals surface area (Å²) in [6.07, 6.45) is 1.84. The van der Waals surface area contributed by atoms with Crippen molar-refractivity contribution in [3.05, 3.63) is 77.9 Å². The van der Waals surface area contributed by atoms with E-state index in [0.717, 1.165) is 29.0 Å². The molecule has 0 bridgehead atoms. The van der Waals surface area contributed by atoms with Crippen molar-refractivity contribution >= 4 is 26.8 Å². The molecule has 3 aromatic carbocycles. The number of carbonyl (C=O) groups is 1. The van der Waals surface area contributed by atoms with Gasteiger partial charge in [0.25, 0.3) is 5.91 Å². The molecule has 29 heavy (non-hydrogen) atoms. The van der Waals surface area contributed by atoms with E-state index in [1.54, 1.807) is 24.3 Å². The van der Waals surface area contributed by atoms with E-state index in [1.165, 1.54) is 0 Å². The molecule has 0 aliphatic carbocycles. The first-order valence-electron chi connectivity index (χ1n) is 9.55. The predicted octanol–water partition coefficient (Wildman–Crippen LogP) is 4.62. The Kier molecular flexibility index (Phi) is 6.23. The summed E-state index contributed by atoms with van der Waals surface area (Å²) in [5, 5.41) is 2.13. The second-order valence-corrected chi connectivity index (χ2v) is 8.76. The van der Waals surface area contributed by atoms with Crippen molar-refractivity contribution in [2.24, 2.45) is 0 Å². The van der Waals surface area contributed by atoms with Crippen molar-refractivity contribution < 1.29 is 17.4 Å². The summed E-state index contributed by atoms with van der Waals surface area (Å²) >= 11 is 0. The summed E-state index contributed by atoms with van der Waals surface area (Å²) in [5.74, 6) is 0.230. The molecule has 3 rings (SSSR count). The zero-order valence-corrected chi connectivity index (χ0v) is 17.6. The standard InChI is InChI=1S/C23H25NO4S/c1-4-17(2)24(16-18-9-13-22(14-10-18)28-29(3,26)27)23(25)21-12-11-19-7-5-6-8-20(19)15-21/h5-15,17H,4,16H2,1-3H3/t17-/m0/s1. The minimum absolute atomic E-state index is 0.0263. The van der Waals surface area contributed by atoms with Gasteiger partial charge in [-0.2, -0.15) is 8.42 Å². The average molecular weight is 412 g/mol. The van der Waals surface area contributed by atoms with E-state index < -0.39 is 10.1 Å². The van der Waals surface area contributed by atoms with Gasteiger partial charge in [-0.25, -0.2) is 0 Å². The van der Waals surface area contributed by atoms with Crippen LogP contribution in [0.25, 0.3) is 10.8 Å². The van der Waals surface area contributed by atoms with Crippen LogP contribution in [0.5, 0.6) is 5.75 Å². The molecule has 0 N–H and O–H groups in total. The molecule has 0 saturated heterocycles. The van der Waals surface area contributed by atoms with Gasteiger partial charge in [-0.15, -0.1) is 0 Å². The van der Waals surface area contributed by atoms with E-state index in [4.69, 9.17) is 4.18 Å². The Morgan fingerprint density at radius 2 is 1.66 bits per heavy atom. The fourth-order valence-electron chi connectivity index (χ4n) is 3.16. The fraction of sp³-hybridized carbons (Fsp3) is 0.261. The monoisotopic (exact) mass is 411 g/mol. The Hall–Kier alpha value is -2.86. The zero-order chi connectivity index (χ0) is 21.0. The first kappa shape index (κ1) is 20.9. The minimum atomic E-state index is -3.56. The lowest BCUT2D eigenvalue weighted by molar-refractivity contribution is 0.0672. The molecule has 0 saturated carbocycles. The second-order valence-electron chi connectivity index (χ2n) is 7.18. The number of hydrogen-bond acceptors (Lipinski definition) is 4. The van der Waals surface area contributed by atoms with Crippen LogP contribution in [0.15, 0.2) is 66.7 Å². The second kappa shape index (κ2) is 8.66. The Bertz CT molecular complexity index is 1110. The molecule has 6 heteroatoms. The molecule has 0 unspecified atom stereocenters. The molecule has 0 aliphatic heterocycles. The first-order valence-corrected chi connectivity index (χ1v) is 11.4. The number of benzene rings is 3. The van der Waals surface area contributed by atoms with E-state index in [2.05, 4.69) is 0 Å². The summed E-state index contributed by atoms with van der Waals surface area (Å²) in [6.45, 7) is 4.51. The molecule has 0 aliphatic rings. The van der Waals surface area contributed by atoms with Gasteiger partial charge in [0.15, 0.2) is 0 Å². The van der Waals surface area contributed by atoms with Crippen LogP contribution in [0.3, 0.4) is 0 Å². The average Bonchev–Trinajstić information content (AvgIpc) is 2.70. The topological polar surface area (TPSA) is 63.7 Å². The van der Waals surface area contributed by atoms with Gasteiger partial charge in [0.1, 0.15) is 5.75 Å². The lowest BCUT2D eigenvalue weighted by Crippen LogP contribution is -2.37. The summed E-state index contributed by atoms with van der Waals surface area (Å²) in [5.41, 5.74) is 1.56. The van der Waals surface area contributed by atoms with Crippen molar-refractivity contribution in [1.29, 1.82) is 0 Å². The lowest BCUT2D eigenvalue weighted by Gasteiger charge is -2.29. The van der Waals surface area contributed by atoms with Gasteiger partial charge in [-0.05, 0) is 53.9 Å². The zero-order valence-electron chi connectivity index (χ0n) is 16.8. The van der Waals surface area contributed by atoms with Crippen molar-refractivity contribution in [1.82, 2.24) is 4.90 Å². The molecular formula is C23H25NO4S. The maximum atomic E-state index is 13.3. The van der Waals surface area contributed by atoms with Crippen LogP contribution in [-0.2, 0) is 16.7 Å². The predicted molar refractivity (Wildman–Crippen MR) is 115 cm³/mol. The molecule has 0 aromatic heterocycles. The van der Waals surface area contributed by atoms with Gasteiger partial charge in [-0.1, -0.05) is 49.4 Å². The minimum Gasteiger partial charge on any atom is -0.383 e. The third kappa shape index (κ3) is 5.35.